The van der Waals surface area contributed by atoms with E-state index in [0.29, 0.717) is 0 Å². The molecule has 2 nitrogen and oxygen atoms in total. The van der Waals surface area contributed by atoms with Crippen LogP contribution in [0.15, 0.2) is 177 Å². The minimum Gasteiger partial charge on any atom is -0.254 e. The van der Waals surface area contributed by atoms with Crippen molar-refractivity contribution in [1.82, 2.24) is 9.97 Å². The van der Waals surface area contributed by atoms with Crippen molar-refractivity contribution < 1.29 is 0 Å². The third-order valence-corrected chi connectivity index (χ3v) is 10.8. The molecule has 0 N–H and O–H groups in total. The van der Waals surface area contributed by atoms with E-state index >= 15 is 0 Å². The van der Waals surface area contributed by atoms with Gasteiger partial charge in [0.2, 0.25) is 0 Å². The second kappa shape index (κ2) is 12.4. The summed E-state index contributed by atoms with van der Waals surface area (Å²) in [6.45, 7) is 6.28. The first-order valence-electron chi connectivity index (χ1n) is 18.1. The van der Waals surface area contributed by atoms with Crippen LogP contribution in [0.3, 0.4) is 0 Å². The lowest BCUT2D eigenvalue weighted by molar-refractivity contribution is 1.40. The fraction of sp³-hybridized carbons (Fsp3) is 0.0196. The maximum atomic E-state index is 5.13. The molecule has 0 saturated heterocycles. The third kappa shape index (κ3) is 5.03. The molecule has 0 aliphatic carbocycles. The Morgan fingerprint density at radius 3 is 1.79 bits per heavy atom. The summed E-state index contributed by atoms with van der Waals surface area (Å²) in [5, 5.41) is 10.7. The first-order chi connectivity index (χ1) is 26.2. The van der Waals surface area contributed by atoms with Crippen molar-refractivity contribution in [2.45, 2.75) is 6.92 Å². The molecule has 0 fully saturated rings. The van der Waals surface area contributed by atoms with Crippen molar-refractivity contribution in [3.63, 3.8) is 0 Å². The zero-order valence-electron chi connectivity index (χ0n) is 29.3. The van der Waals surface area contributed by atoms with Gasteiger partial charge in [-0.2, -0.15) is 0 Å². The Hall–Kier alpha value is -6.90. The van der Waals surface area contributed by atoms with Crippen LogP contribution < -0.4 is 0 Å². The Kier molecular flexibility index (Phi) is 7.23. The average molecular weight is 675 g/mol. The quantitative estimate of drug-likeness (QED) is 0.103. The predicted molar refractivity (Wildman–Crippen MR) is 227 cm³/mol. The van der Waals surface area contributed by atoms with Crippen LogP contribution in [0.4, 0.5) is 0 Å². The predicted octanol–water partition coefficient (Wildman–Crippen LogP) is 13.9. The minimum atomic E-state index is 0.929. The molecule has 0 saturated carbocycles. The van der Waals surface area contributed by atoms with Gasteiger partial charge in [-0.05, 0) is 109 Å². The topological polar surface area (TPSA) is 25.8 Å². The highest BCUT2D eigenvalue weighted by Gasteiger charge is 2.19. The number of aromatic nitrogens is 2. The molecule has 0 atom stereocenters. The Balaban J connectivity index is 1.17. The van der Waals surface area contributed by atoms with E-state index in [4.69, 9.17) is 9.97 Å². The summed E-state index contributed by atoms with van der Waals surface area (Å²) in [4.78, 5) is 9.88. The van der Waals surface area contributed by atoms with Gasteiger partial charge in [0.1, 0.15) is 0 Å². The van der Waals surface area contributed by atoms with Gasteiger partial charge in [-0.3, -0.25) is 4.98 Å². The monoisotopic (exact) mass is 674 g/mol. The molecule has 2 heterocycles. The smallest absolute Gasteiger partial charge is 0.0978 e. The van der Waals surface area contributed by atoms with Crippen LogP contribution in [0, 0.1) is 6.92 Å². The van der Waals surface area contributed by atoms with E-state index in [1.165, 1.54) is 76.8 Å². The van der Waals surface area contributed by atoms with Crippen molar-refractivity contribution in [1.29, 1.82) is 0 Å². The molecule has 0 aliphatic rings. The molecule has 10 aromatic rings. The first-order valence-corrected chi connectivity index (χ1v) is 18.1. The highest BCUT2D eigenvalue weighted by Crippen LogP contribution is 2.44. The molecule has 10 rings (SSSR count). The van der Waals surface area contributed by atoms with E-state index < -0.39 is 0 Å². The molecule has 0 unspecified atom stereocenters. The van der Waals surface area contributed by atoms with Crippen molar-refractivity contribution in [3.05, 3.63) is 188 Å². The molecule has 0 aliphatic heterocycles. The third-order valence-electron chi connectivity index (χ3n) is 10.8. The molecule has 0 bridgehead atoms. The number of rotatable bonds is 5. The van der Waals surface area contributed by atoms with Crippen LogP contribution in [0.1, 0.15) is 11.1 Å². The number of hydrogen-bond donors (Lipinski definition) is 0. The Bertz CT molecular complexity index is 3150. The number of allylic oxidation sites excluding steroid dienone is 2. The van der Waals surface area contributed by atoms with E-state index in [2.05, 4.69) is 171 Å². The van der Waals surface area contributed by atoms with Gasteiger partial charge in [-0.25, -0.2) is 4.98 Å². The first kappa shape index (κ1) is 30.9. The number of para-hydroxylation sites is 1. The fourth-order valence-corrected chi connectivity index (χ4v) is 8.35. The number of hydrogen-bond acceptors (Lipinski definition) is 2. The van der Waals surface area contributed by atoms with E-state index in [1.54, 1.807) is 0 Å². The highest BCUT2D eigenvalue weighted by atomic mass is 14.7. The summed E-state index contributed by atoms with van der Waals surface area (Å²) >= 11 is 0. The molecular formula is C51H34N2. The van der Waals surface area contributed by atoms with E-state index in [9.17, 15) is 0 Å². The second-order valence-corrected chi connectivity index (χ2v) is 13.8. The SMILES string of the molecule is C=C/C=C\c1c(C)c(-c2ccc3ccccc3c2)c2ccccc2c1-c1ccc2cc(-c3c4ccccc4nc4c3ccc3cccnc34)ccc2c1. The van der Waals surface area contributed by atoms with Crippen molar-refractivity contribution in [3.8, 4) is 33.4 Å². The second-order valence-electron chi connectivity index (χ2n) is 13.8. The maximum Gasteiger partial charge on any atom is 0.0978 e. The average Bonchev–Trinajstić information content (AvgIpc) is 3.21. The summed E-state index contributed by atoms with van der Waals surface area (Å²) in [7, 11) is 0. The zero-order valence-corrected chi connectivity index (χ0v) is 29.3. The molecule has 0 amide bonds. The Labute approximate surface area is 308 Å². The molecule has 248 valence electrons. The Morgan fingerprint density at radius 1 is 0.472 bits per heavy atom. The van der Waals surface area contributed by atoms with Gasteiger partial charge in [-0.15, -0.1) is 0 Å². The Morgan fingerprint density at radius 2 is 1.04 bits per heavy atom. The molecule has 53 heavy (non-hydrogen) atoms. The lowest BCUT2D eigenvalue weighted by atomic mass is 9.83. The highest BCUT2D eigenvalue weighted by molar-refractivity contribution is 6.17. The van der Waals surface area contributed by atoms with Gasteiger partial charge in [0, 0.05) is 27.9 Å². The molecular weight excluding hydrogens is 641 g/mol. The maximum absolute atomic E-state index is 5.13. The molecule has 8 aromatic carbocycles. The molecule has 2 aromatic heterocycles. The van der Waals surface area contributed by atoms with Crippen molar-refractivity contribution in [2.24, 2.45) is 0 Å². The standard InChI is InChI=1S/C51H34N2/c1-3-4-15-41-32(2)47(38-23-20-33-12-5-6-13-35(33)29-38)42-16-7-8-17-43(42)48(41)39-24-21-37-31-40(25-22-36(37)30-39)49-44-18-9-10-19-46(44)53-51-45(49)27-26-34-14-11-28-52-50(34)51/h3-31H,1H2,2H3/b15-4-. The van der Waals surface area contributed by atoms with E-state index in [-0.39, 0.29) is 0 Å². The van der Waals surface area contributed by atoms with Crippen LogP contribution in [0.25, 0.3) is 104 Å². The molecule has 0 spiro atoms. The molecule has 0 radical (unpaired) electrons. The van der Waals surface area contributed by atoms with Crippen LogP contribution in [0.5, 0.6) is 0 Å². The van der Waals surface area contributed by atoms with Gasteiger partial charge in [0.15, 0.2) is 0 Å². The summed E-state index contributed by atoms with van der Waals surface area (Å²) in [5.41, 5.74) is 12.6. The van der Waals surface area contributed by atoms with E-state index in [0.717, 1.165) is 32.7 Å². The van der Waals surface area contributed by atoms with Crippen molar-refractivity contribution >= 4 is 71.1 Å². The number of benzene rings is 8. The van der Waals surface area contributed by atoms with Gasteiger partial charge < -0.3 is 0 Å². The minimum absolute atomic E-state index is 0.929. The number of nitrogens with zero attached hydrogens (tertiary/aromatic N) is 2. The van der Waals surface area contributed by atoms with Crippen molar-refractivity contribution in [2.75, 3.05) is 0 Å². The van der Waals surface area contributed by atoms with Crippen LogP contribution >= 0.6 is 0 Å². The molecule has 2 heteroatoms. The number of fused-ring (bicyclic) bond motifs is 7. The van der Waals surface area contributed by atoms with Gasteiger partial charge >= 0.3 is 0 Å². The summed E-state index contributed by atoms with van der Waals surface area (Å²) in [6, 6.07) is 54.9. The summed E-state index contributed by atoms with van der Waals surface area (Å²) < 4.78 is 0. The van der Waals surface area contributed by atoms with Crippen LogP contribution in [-0.2, 0) is 0 Å². The lowest BCUT2D eigenvalue weighted by Crippen LogP contribution is -1.96. The largest absolute Gasteiger partial charge is 0.254 e. The fourth-order valence-electron chi connectivity index (χ4n) is 8.35. The summed E-state index contributed by atoms with van der Waals surface area (Å²) in [6.07, 6.45) is 7.99. The zero-order chi connectivity index (χ0) is 35.5. The normalized spacial score (nSPS) is 11.9. The van der Waals surface area contributed by atoms with Gasteiger partial charge in [0.25, 0.3) is 0 Å². The van der Waals surface area contributed by atoms with Crippen LogP contribution in [-0.4, -0.2) is 9.97 Å². The van der Waals surface area contributed by atoms with Crippen LogP contribution in [0.2, 0.25) is 0 Å². The number of pyridine rings is 2. The van der Waals surface area contributed by atoms with Gasteiger partial charge in [-0.1, -0.05) is 146 Å². The lowest BCUT2D eigenvalue weighted by Gasteiger charge is -2.20. The summed E-state index contributed by atoms with van der Waals surface area (Å²) in [5.74, 6) is 0. The van der Waals surface area contributed by atoms with E-state index in [1.807, 2.05) is 18.3 Å². The van der Waals surface area contributed by atoms with Gasteiger partial charge in [0.05, 0.1) is 16.6 Å².